The first-order valence-corrected chi connectivity index (χ1v) is 12.5. The average molecular weight is 369 g/mol. The standard InChI is InChI=1S/C17H30N4OPS/c1-19(2)10-7-16(20-8-5-6-9-20)17(15-18)23(3,24-4)21-11-13-22-14-12-21/h7,10H,5-6,8-9,11-14H2,1-4H3/q+1/b10-7+,17-16-. The van der Waals surface area contributed by atoms with Crippen LogP contribution in [0, 0.1) is 11.3 Å². The van der Waals surface area contributed by atoms with E-state index in [4.69, 9.17) is 4.74 Å². The quantitative estimate of drug-likeness (QED) is 0.407. The summed E-state index contributed by atoms with van der Waals surface area (Å²) in [6, 6.07) is 2.61. The Kier molecular flexibility index (Phi) is 7.43. The van der Waals surface area contributed by atoms with Gasteiger partial charge in [-0.25, -0.2) is 0 Å². The highest BCUT2D eigenvalue weighted by atomic mass is 32.7. The minimum atomic E-state index is -1.73. The summed E-state index contributed by atoms with van der Waals surface area (Å²) in [5, 5.41) is 11.1. The van der Waals surface area contributed by atoms with Gasteiger partial charge >= 0.3 is 0 Å². The number of ether oxygens (including phenoxy) is 1. The van der Waals surface area contributed by atoms with Gasteiger partial charge in [0.25, 0.3) is 0 Å². The van der Waals surface area contributed by atoms with E-state index in [9.17, 15) is 5.26 Å². The van der Waals surface area contributed by atoms with Crippen LogP contribution in [-0.4, -0.2) is 80.9 Å². The molecular weight excluding hydrogens is 339 g/mol. The lowest BCUT2D eigenvalue weighted by atomic mass is 10.3. The third-order valence-electron chi connectivity index (χ3n) is 4.62. The monoisotopic (exact) mass is 369 g/mol. The Balaban J connectivity index is 2.46. The smallest absolute Gasteiger partial charge is 0.221 e. The van der Waals surface area contributed by atoms with Crippen LogP contribution >= 0.6 is 18.0 Å². The van der Waals surface area contributed by atoms with Crippen LogP contribution in [0.2, 0.25) is 0 Å². The van der Waals surface area contributed by atoms with E-state index in [1.165, 1.54) is 12.8 Å². The SMILES string of the molecule is CS[P+](C)(/C(C#N)=C(/C=C/N(C)C)N1CCCC1)N1CCOCC1. The molecule has 7 heteroatoms. The summed E-state index contributed by atoms with van der Waals surface area (Å²) in [5.41, 5.74) is 1.13. The van der Waals surface area contributed by atoms with Crippen molar-refractivity contribution in [2.75, 3.05) is 66.4 Å². The van der Waals surface area contributed by atoms with E-state index in [2.05, 4.69) is 40.8 Å². The molecule has 0 amide bonds. The van der Waals surface area contributed by atoms with Crippen LogP contribution in [-0.2, 0) is 4.74 Å². The fourth-order valence-electron chi connectivity index (χ4n) is 3.16. The highest BCUT2D eigenvalue weighted by Gasteiger charge is 2.47. The molecule has 134 valence electrons. The number of allylic oxidation sites excluding steroid dienone is 2. The molecule has 2 saturated heterocycles. The number of hydrogen-bond donors (Lipinski definition) is 0. The highest BCUT2D eigenvalue weighted by Crippen LogP contribution is 2.75. The lowest BCUT2D eigenvalue weighted by molar-refractivity contribution is 0.0748. The first-order valence-electron chi connectivity index (χ1n) is 8.53. The molecule has 0 N–H and O–H groups in total. The van der Waals surface area contributed by atoms with E-state index < -0.39 is 6.62 Å². The minimum Gasteiger partial charge on any atom is -0.383 e. The van der Waals surface area contributed by atoms with Crippen LogP contribution < -0.4 is 0 Å². The fraction of sp³-hybridized carbons (Fsp3) is 0.706. The van der Waals surface area contributed by atoms with Gasteiger partial charge in [0.1, 0.15) is 6.07 Å². The van der Waals surface area contributed by atoms with Crippen molar-refractivity contribution in [2.24, 2.45) is 0 Å². The molecule has 2 aliphatic heterocycles. The van der Waals surface area contributed by atoms with Crippen LogP contribution in [0.25, 0.3) is 0 Å². The third kappa shape index (κ3) is 4.46. The molecule has 2 rings (SSSR count). The lowest BCUT2D eigenvalue weighted by Crippen LogP contribution is -2.36. The molecule has 0 saturated carbocycles. The molecule has 2 heterocycles. The van der Waals surface area contributed by atoms with Crippen LogP contribution in [0.5, 0.6) is 0 Å². The van der Waals surface area contributed by atoms with Gasteiger partial charge in [-0.05, 0) is 18.9 Å². The van der Waals surface area contributed by atoms with Crippen LogP contribution in [0.15, 0.2) is 23.3 Å². The maximum Gasteiger partial charge on any atom is 0.221 e. The Bertz CT molecular complexity index is 519. The van der Waals surface area contributed by atoms with Gasteiger partial charge in [-0.1, -0.05) is 0 Å². The molecule has 24 heavy (non-hydrogen) atoms. The lowest BCUT2D eigenvalue weighted by Gasteiger charge is -2.35. The Morgan fingerprint density at radius 3 is 2.33 bits per heavy atom. The third-order valence-corrected chi connectivity index (χ3v) is 11.3. The molecule has 0 aromatic rings. The molecule has 2 aliphatic rings. The number of nitriles is 1. The number of likely N-dealkylation sites (tertiary alicyclic amines) is 1. The van der Waals surface area contributed by atoms with Gasteiger partial charge in [-0.2, -0.15) is 9.93 Å². The Morgan fingerprint density at radius 1 is 1.21 bits per heavy atom. The zero-order valence-electron chi connectivity index (χ0n) is 15.4. The maximum atomic E-state index is 10.1. The molecule has 1 unspecified atom stereocenters. The van der Waals surface area contributed by atoms with Gasteiger partial charge in [0.2, 0.25) is 5.31 Å². The first kappa shape index (κ1) is 19.6. The molecule has 2 fully saturated rings. The van der Waals surface area contributed by atoms with Crippen LogP contribution in [0.4, 0.5) is 0 Å². The van der Waals surface area contributed by atoms with Gasteiger partial charge in [-0.15, -0.1) is 0 Å². The van der Waals surface area contributed by atoms with Crippen molar-refractivity contribution in [3.63, 3.8) is 0 Å². The molecule has 0 radical (unpaired) electrons. The number of rotatable bonds is 6. The Morgan fingerprint density at radius 2 is 1.83 bits per heavy atom. The predicted molar refractivity (Wildman–Crippen MR) is 105 cm³/mol. The molecule has 0 spiro atoms. The highest BCUT2D eigenvalue weighted by molar-refractivity contribution is 8.62. The second kappa shape index (κ2) is 9.10. The second-order valence-electron chi connectivity index (χ2n) is 6.45. The summed E-state index contributed by atoms with van der Waals surface area (Å²) < 4.78 is 8.03. The largest absolute Gasteiger partial charge is 0.383 e. The van der Waals surface area contributed by atoms with Crippen molar-refractivity contribution in [1.82, 2.24) is 14.5 Å². The van der Waals surface area contributed by atoms with Crippen molar-refractivity contribution < 1.29 is 4.74 Å². The molecule has 1 atom stereocenters. The van der Waals surface area contributed by atoms with Gasteiger partial charge in [0, 0.05) is 51.0 Å². The average Bonchev–Trinajstić information content (AvgIpc) is 3.12. The van der Waals surface area contributed by atoms with Crippen molar-refractivity contribution in [2.45, 2.75) is 12.8 Å². The van der Waals surface area contributed by atoms with Crippen molar-refractivity contribution in [3.05, 3.63) is 23.3 Å². The molecule has 0 aromatic heterocycles. The summed E-state index contributed by atoms with van der Waals surface area (Å²) in [7, 11) is 4.05. The van der Waals surface area contributed by atoms with Gasteiger partial charge in [0.05, 0.1) is 38.7 Å². The maximum absolute atomic E-state index is 10.1. The van der Waals surface area contributed by atoms with Crippen molar-refractivity contribution >= 4 is 18.0 Å². The summed E-state index contributed by atoms with van der Waals surface area (Å²) in [4.78, 5) is 4.43. The molecular formula is C17H30N4OPS+. The van der Waals surface area contributed by atoms with Gasteiger partial charge < -0.3 is 14.5 Å². The Hall–Kier alpha value is -0.730. The first-order chi connectivity index (χ1) is 11.5. The molecule has 5 nitrogen and oxygen atoms in total. The van der Waals surface area contributed by atoms with E-state index in [1.54, 1.807) is 0 Å². The van der Waals surface area contributed by atoms with Crippen molar-refractivity contribution in [3.8, 4) is 6.07 Å². The van der Waals surface area contributed by atoms with Crippen molar-refractivity contribution in [1.29, 1.82) is 5.26 Å². The van der Waals surface area contributed by atoms with E-state index in [0.717, 1.165) is 50.4 Å². The van der Waals surface area contributed by atoms with E-state index in [-0.39, 0.29) is 0 Å². The van der Waals surface area contributed by atoms with E-state index >= 15 is 0 Å². The molecule has 0 aromatic carbocycles. The second-order valence-corrected chi connectivity index (χ2v) is 12.8. The van der Waals surface area contributed by atoms with Gasteiger partial charge in [-0.3, -0.25) is 0 Å². The Labute approximate surface area is 151 Å². The van der Waals surface area contributed by atoms with E-state index in [1.807, 2.05) is 30.4 Å². The number of hydrogen-bond acceptors (Lipinski definition) is 6. The van der Waals surface area contributed by atoms with Crippen LogP contribution in [0.1, 0.15) is 12.8 Å². The zero-order chi connectivity index (χ0) is 17.6. The number of nitrogens with zero attached hydrogens (tertiary/aromatic N) is 4. The van der Waals surface area contributed by atoms with E-state index in [0.29, 0.717) is 0 Å². The predicted octanol–water partition coefficient (Wildman–Crippen LogP) is 3.07. The van der Waals surface area contributed by atoms with Gasteiger partial charge in [0.15, 0.2) is 6.62 Å². The molecule has 0 aliphatic carbocycles. The summed E-state index contributed by atoms with van der Waals surface area (Å²) in [6.07, 6.45) is 8.78. The fourth-order valence-corrected chi connectivity index (χ4v) is 7.74. The zero-order valence-corrected chi connectivity index (χ0v) is 17.1. The topological polar surface area (TPSA) is 42.7 Å². The number of morpholine rings is 1. The van der Waals surface area contributed by atoms with Crippen LogP contribution in [0.3, 0.4) is 0 Å². The summed E-state index contributed by atoms with van der Waals surface area (Å²) in [5.74, 6) is 0. The normalized spacial score (nSPS) is 23.0. The minimum absolute atomic E-state index is 0.765. The summed E-state index contributed by atoms with van der Waals surface area (Å²) >= 11 is 1.86. The summed E-state index contributed by atoms with van der Waals surface area (Å²) in [6.45, 7) is 6.03. The molecule has 0 bridgehead atoms.